The van der Waals surface area contributed by atoms with Crippen molar-refractivity contribution in [1.29, 1.82) is 0 Å². The van der Waals surface area contributed by atoms with E-state index in [-0.39, 0.29) is 0 Å². The van der Waals surface area contributed by atoms with E-state index in [0.717, 1.165) is 0 Å². The standard InChI is InChI=1S/C22H40N4/c1-5-13-23(14-6-1)21(24-15-7-2-8-16-24)22(25-17-9-3-10-18-25)26-19-11-4-12-20-26/h1-20H2/q+2. The van der Waals surface area contributed by atoms with Crippen LogP contribution in [0.25, 0.3) is 0 Å². The summed E-state index contributed by atoms with van der Waals surface area (Å²) in [5.74, 6) is 3.27. The monoisotopic (exact) mass is 360 g/mol. The van der Waals surface area contributed by atoms with Crippen LogP contribution in [0.2, 0.25) is 0 Å². The van der Waals surface area contributed by atoms with E-state index < -0.39 is 0 Å². The summed E-state index contributed by atoms with van der Waals surface area (Å²) in [5, 5.41) is 0. The minimum atomic E-state index is 1.27. The lowest BCUT2D eigenvalue weighted by atomic mass is 10.1. The Morgan fingerprint density at radius 2 is 0.692 bits per heavy atom. The Bertz CT molecular complexity index is 460. The number of likely N-dealkylation sites (tertiary alicyclic amines) is 2. The van der Waals surface area contributed by atoms with E-state index in [1.54, 1.807) is 11.7 Å². The smallest absolute Gasteiger partial charge is 0.255 e. The van der Waals surface area contributed by atoms with E-state index in [2.05, 4.69) is 19.0 Å². The minimum absolute atomic E-state index is 1.27. The summed E-state index contributed by atoms with van der Waals surface area (Å²) in [7, 11) is 0. The second-order valence-corrected chi connectivity index (χ2v) is 8.84. The van der Waals surface area contributed by atoms with Crippen LogP contribution >= 0.6 is 0 Å². The zero-order valence-corrected chi connectivity index (χ0v) is 16.9. The summed E-state index contributed by atoms with van der Waals surface area (Å²) in [6.07, 6.45) is 16.7. The van der Waals surface area contributed by atoms with Crippen molar-refractivity contribution >= 4 is 11.7 Å². The van der Waals surface area contributed by atoms with Crippen LogP contribution in [0.4, 0.5) is 0 Å². The molecular formula is C22H40N4+2. The summed E-state index contributed by atoms with van der Waals surface area (Å²) < 4.78 is 5.57. The van der Waals surface area contributed by atoms with Gasteiger partial charge in [0.15, 0.2) is 0 Å². The highest BCUT2D eigenvalue weighted by molar-refractivity contribution is 6.36. The van der Waals surface area contributed by atoms with E-state index in [9.17, 15) is 0 Å². The highest BCUT2D eigenvalue weighted by Gasteiger charge is 2.41. The van der Waals surface area contributed by atoms with Crippen LogP contribution in [0.1, 0.15) is 77.0 Å². The summed E-state index contributed by atoms with van der Waals surface area (Å²) >= 11 is 0. The summed E-state index contributed by atoms with van der Waals surface area (Å²) in [6.45, 7) is 10.2. The molecular weight excluding hydrogens is 320 g/mol. The SMILES string of the molecule is C1CCN(C(C(N2CCCCC2)=[N+]2CCCCC2)=[N+]2CCCCC2)CC1. The van der Waals surface area contributed by atoms with E-state index in [0.29, 0.717) is 0 Å². The molecule has 0 atom stereocenters. The number of rotatable bonds is 0. The Balaban J connectivity index is 1.74. The van der Waals surface area contributed by atoms with Gasteiger partial charge in [-0.2, -0.15) is 0 Å². The van der Waals surface area contributed by atoms with Gasteiger partial charge in [0.05, 0.1) is 52.4 Å². The van der Waals surface area contributed by atoms with Crippen molar-refractivity contribution in [1.82, 2.24) is 9.80 Å². The molecule has 4 aliphatic heterocycles. The van der Waals surface area contributed by atoms with Crippen LogP contribution in [0, 0.1) is 0 Å². The number of amidine groups is 2. The van der Waals surface area contributed by atoms with Gasteiger partial charge < -0.3 is 0 Å². The first-order valence-electron chi connectivity index (χ1n) is 11.7. The largest absolute Gasteiger partial charge is 0.362 e. The molecule has 0 aromatic carbocycles. The van der Waals surface area contributed by atoms with Gasteiger partial charge in [-0.15, -0.1) is 0 Å². The molecule has 146 valence electrons. The van der Waals surface area contributed by atoms with Gasteiger partial charge in [0.2, 0.25) is 0 Å². The molecule has 0 spiro atoms. The molecule has 0 N–H and O–H groups in total. The highest BCUT2D eigenvalue weighted by atomic mass is 15.3. The molecule has 26 heavy (non-hydrogen) atoms. The van der Waals surface area contributed by atoms with Crippen LogP contribution in [-0.4, -0.2) is 83.0 Å². The third-order valence-corrected chi connectivity index (χ3v) is 6.82. The normalized spacial score (nSPS) is 25.4. The second-order valence-electron chi connectivity index (χ2n) is 8.84. The van der Waals surface area contributed by atoms with Gasteiger partial charge >= 0.3 is 11.7 Å². The summed E-state index contributed by atoms with van der Waals surface area (Å²) in [4.78, 5) is 5.57. The molecule has 0 saturated carbocycles. The number of hydrogen-bond donors (Lipinski definition) is 0. The molecule has 0 aromatic heterocycles. The molecule has 4 rings (SSSR count). The Morgan fingerprint density at radius 3 is 1.04 bits per heavy atom. The molecule has 0 aliphatic carbocycles. The fraction of sp³-hybridized carbons (Fsp3) is 0.909. The van der Waals surface area contributed by atoms with Crippen LogP contribution < -0.4 is 0 Å². The summed E-state index contributed by atoms with van der Waals surface area (Å²) in [5.41, 5.74) is 0. The van der Waals surface area contributed by atoms with Crippen LogP contribution in [0.3, 0.4) is 0 Å². The van der Waals surface area contributed by atoms with Crippen LogP contribution in [0.5, 0.6) is 0 Å². The first-order chi connectivity index (χ1) is 12.9. The predicted molar refractivity (Wildman–Crippen MR) is 109 cm³/mol. The van der Waals surface area contributed by atoms with Crippen molar-refractivity contribution in [2.24, 2.45) is 0 Å². The average Bonchev–Trinajstić information content (AvgIpc) is 2.74. The highest BCUT2D eigenvalue weighted by Crippen LogP contribution is 2.18. The first-order valence-corrected chi connectivity index (χ1v) is 11.7. The Kier molecular flexibility index (Phi) is 6.50. The zero-order valence-electron chi connectivity index (χ0n) is 16.9. The quantitative estimate of drug-likeness (QED) is 0.486. The maximum atomic E-state index is 2.79. The van der Waals surface area contributed by atoms with Crippen molar-refractivity contribution in [3.05, 3.63) is 0 Å². The third-order valence-electron chi connectivity index (χ3n) is 6.82. The molecule has 4 aliphatic rings. The van der Waals surface area contributed by atoms with Crippen molar-refractivity contribution in [3.8, 4) is 0 Å². The van der Waals surface area contributed by atoms with Crippen molar-refractivity contribution < 1.29 is 9.15 Å². The van der Waals surface area contributed by atoms with Crippen molar-refractivity contribution in [2.45, 2.75) is 77.0 Å². The van der Waals surface area contributed by atoms with Gasteiger partial charge in [-0.05, 0) is 77.0 Å². The maximum absolute atomic E-state index is 2.79. The van der Waals surface area contributed by atoms with E-state index in [4.69, 9.17) is 0 Å². The van der Waals surface area contributed by atoms with Crippen LogP contribution in [0.15, 0.2) is 0 Å². The molecule has 0 bridgehead atoms. The van der Waals surface area contributed by atoms with E-state index in [1.807, 2.05) is 0 Å². The van der Waals surface area contributed by atoms with Crippen LogP contribution in [-0.2, 0) is 0 Å². The average molecular weight is 361 g/mol. The van der Waals surface area contributed by atoms with Gasteiger partial charge in [-0.25, -0.2) is 0 Å². The molecule has 0 aromatic rings. The number of hydrogen-bond acceptors (Lipinski definition) is 0. The van der Waals surface area contributed by atoms with Crippen molar-refractivity contribution in [3.63, 3.8) is 0 Å². The lowest BCUT2D eigenvalue weighted by Crippen LogP contribution is -2.57. The lowest BCUT2D eigenvalue weighted by Gasteiger charge is -2.32. The maximum Gasteiger partial charge on any atom is 0.362 e. The minimum Gasteiger partial charge on any atom is -0.255 e. The summed E-state index contributed by atoms with van der Waals surface area (Å²) in [6, 6.07) is 0. The second kappa shape index (κ2) is 9.23. The topological polar surface area (TPSA) is 12.5 Å². The molecule has 4 saturated heterocycles. The molecule has 4 heteroatoms. The molecule has 0 radical (unpaired) electrons. The van der Waals surface area contributed by atoms with Gasteiger partial charge in [0.25, 0.3) is 0 Å². The van der Waals surface area contributed by atoms with Gasteiger partial charge in [0, 0.05) is 0 Å². The molecule has 4 nitrogen and oxygen atoms in total. The predicted octanol–water partition coefficient (Wildman–Crippen LogP) is 3.15. The molecule has 4 fully saturated rings. The fourth-order valence-corrected chi connectivity index (χ4v) is 5.39. The van der Waals surface area contributed by atoms with Crippen molar-refractivity contribution in [2.75, 3.05) is 52.4 Å². The lowest BCUT2D eigenvalue weighted by molar-refractivity contribution is -0.556. The number of nitrogens with zero attached hydrogens (tertiary/aromatic N) is 4. The first kappa shape index (κ1) is 18.3. The Morgan fingerprint density at radius 1 is 0.385 bits per heavy atom. The van der Waals surface area contributed by atoms with Gasteiger partial charge in [-0.1, -0.05) is 0 Å². The Labute approximate surface area is 160 Å². The molecule has 0 unspecified atom stereocenters. The molecule has 4 heterocycles. The van der Waals surface area contributed by atoms with E-state index >= 15 is 0 Å². The number of piperidine rings is 4. The zero-order chi connectivity index (χ0) is 17.6. The molecule has 0 amide bonds. The fourth-order valence-electron chi connectivity index (χ4n) is 5.39. The van der Waals surface area contributed by atoms with Gasteiger partial charge in [0.1, 0.15) is 0 Å². The van der Waals surface area contributed by atoms with E-state index in [1.165, 1.54) is 129 Å². The van der Waals surface area contributed by atoms with Gasteiger partial charge in [-0.3, -0.25) is 19.0 Å². The Hall–Kier alpha value is -1.06. The third kappa shape index (κ3) is 4.26.